The van der Waals surface area contributed by atoms with Crippen molar-refractivity contribution < 1.29 is 57.1 Å². The van der Waals surface area contributed by atoms with Gasteiger partial charge in [-0.05, 0) is 37.1 Å². The van der Waals surface area contributed by atoms with Crippen molar-refractivity contribution in [3.63, 3.8) is 0 Å². The molecule has 182 valence electrons. The molecule has 4 aromatic rings. The Morgan fingerprint density at radius 3 is 1.21 bits per heavy atom. The molecule has 0 aliphatic heterocycles. The third kappa shape index (κ3) is 7.61. The second-order valence-corrected chi connectivity index (χ2v) is 9.20. The number of nitrogens with zero attached hydrogens (tertiary/aromatic N) is 2. The Balaban J connectivity index is 0.00000204. The fraction of sp³-hybridized carbons (Fsp3) is 0.400. The van der Waals surface area contributed by atoms with Crippen LogP contribution in [0.3, 0.4) is 0 Å². The summed E-state index contributed by atoms with van der Waals surface area (Å²) >= 11 is 0. The van der Waals surface area contributed by atoms with Crippen LogP contribution >= 0.6 is 0 Å². The van der Waals surface area contributed by atoms with Crippen LogP contribution in [-0.2, 0) is 13.1 Å². The number of pyridine rings is 2. The summed E-state index contributed by atoms with van der Waals surface area (Å²) in [6.45, 7) is 6.72. The Hall–Kier alpha value is -1.28. The summed E-state index contributed by atoms with van der Waals surface area (Å²) in [7, 11) is 0. The van der Waals surface area contributed by atoms with E-state index in [2.05, 4.69) is 95.8 Å². The van der Waals surface area contributed by atoms with Gasteiger partial charge in [-0.3, -0.25) is 0 Å². The van der Waals surface area contributed by atoms with Crippen molar-refractivity contribution in [1.82, 2.24) is 0 Å². The first kappa shape index (κ1) is 29.0. The van der Waals surface area contributed by atoms with Gasteiger partial charge in [-0.2, -0.15) is 9.13 Å². The van der Waals surface area contributed by atoms with Gasteiger partial charge in [0.15, 0.2) is 11.4 Å². The molecule has 4 rings (SSSR count). The van der Waals surface area contributed by atoms with Crippen LogP contribution in [0.15, 0.2) is 72.8 Å². The van der Waals surface area contributed by atoms with Crippen LogP contribution in [0.4, 0.5) is 0 Å². The van der Waals surface area contributed by atoms with Gasteiger partial charge in [0, 0.05) is 61.7 Å². The molecule has 0 amide bonds. The number of para-hydroxylation sites is 2. The third-order valence-corrected chi connectivity index (χ3v) is 6.83. The van der Waals surface area contributed by atoms with Crippen molar-refractivity contribution in [2.45, 2.75) is 78.3 Å². The van der Waals surface area contributed by atoms with E-state index in [1.165, 1.54) is 84.6 Å². The molecular weight excluding hydrogens is 642 g/mol. The standard InChI is InChI=1S/C30H38N2.2HI/c1-25-19-21-27-15-9-11-17-29(27)31(25)23-13-7-5-3-4-6-8-14-24-32-26(2)20-22-28-16-10-12-18-30(28)32;;/h9-12,15-22H,3-8,13-14,23-24H2,1-2H3;2*1H/q+2;;/p-2. The first-order valence-electron chi connectivity index (χ1n) is 12.5. The van der Waals surface area contributed by atoms with Gasteiger partial charge in [-0.25, -0.2) is 0 Å². The molecule has 2 aromatic carbocycles. The lowest BCUT2D eigenvalue weighted by Gasteiger charge is -2.06. The number of benzene rings is 2. The van der Waals surface area contributed by atoms with Gasteiger partial charge < -0.3 is 48.0 Å². The molecule has 0 N–H and O–H groups in total. The van der Waals surface area contributed by atoms with E-state index in [4.69, 9.17) is 0 Å². The van der Waals surface area contributed by atoms with Gasteiger partial charge in [0.25, 0.3) is 0 Å². The monoisotopic (exact) mass is 680 g/mol. The fourth-order valence-corrected chi connectivity index (χ4v) is 4.92. The van der Waals surface area contributed by atoms with Crippen LogP contribution in [0.2, 0.25) is 0 Å². The van der Waals surface area contributed by atoms with Crippen LogP contribution in [0.25, 0.3) is 21.8 Å². The van der Waals surface area contributed by atoms with Crippen LogP contribution in [0.5, 0.6) is 0 Å². The normalized spacial score (nSPS) is 10.8. The average molecular weight is 680 g/mol. The second-order valence-electron chi connectivity index (χ2n) is 9.20. The van der Waals surface area contributed by atoms with E-state index in [0.29, 0.717) is 0 Å². The highest BCUT2D eigenvalue weighted by atomic mass is 127. The number of unbranched alkanes of at least 4 members (excludes halogenated alkanes) is 7. The maximum absolute atomic E-state index is 2.49. The Morgan fingerprint density at radius 2 is 0.794 bits per heavy atom. The number of aromatic nitrogens is 2. The van der Waals surface area contributed by atoms with E-state index >= 15 is 0 Å². The molecule has 0 atom stereocenters. The number of halogens is 2. The number of rotatable bonds is 11. The summed E-state index contributed by atoms with van der Waals surface area (Å²) in [4.78, 5) is 0. The molecular formula is C30H38I2N2. The molecule has 2 heterocycles. The third-order valence-electron chi connectivity index (χ3n) is 6.83. The van der Waals surface area contributed by atoms with Crippen molar-refractivity contribution >= 4 is 21.8 Å². The van der Waals surface area contributed by atoms with E-state index in [1.807, 2.05) is 0 Å². The molecule has 0 spiro atoms. The lowest BCUT2D eigenvalue weighted by molar-refractivity contribution is -0.678. The topological polar surface area (TPSA) is 7.76 Å². The van der Waals surface area contributed by atoms with E-state index in [-0.39, 0.29) is 48.0 Å². The second kappa shape index (κ2) is 15.0. The summed E-state index contributed by atoms with van der Waals surface area (Å²) in [5.74, 6) is 0. The minimum atomic E-state index is 0. The van der Waals surface area contributed by atoms with Gasteiger partial charge >= 0.3 is 0 Å². The number of hydrogen-bond acceptors (Lipinski definition) is 0. The van der Waals surface area contributed by atoms with Crippen LogP contribution < -0.4 is 57.1 Å². The molecule has 4 heteroatoms. The van der Waals surface area contributed by atoms with E-state index < -0.39 is 0 Å². The fourth-order valence-electron chi connectivity index (χ4n) is 4.92. The molecule has 0 bridgehead atoms. The summed E-state index contributed by atoms with van der Waals surface area (Å²) in [5, 5.41) is 2.69. The zero-order chi connectivity index (χ0) is 22.2. The van der Waals surface area contributed by atoms with Crippen molar-refractivity contribution in [3.8, 4) is 0 Å². The summed E-state index contributed by atoms with van der Waals surface area (Å²) in [5.41, 5.74) is 5.46. The van der Waals surface area contributed by atoms with Gasteiger partial charge in [-0.15, -0.1) is 0 Å². The largest absolute Gasteiger partial charge is 1.00 e. The maximum atomic E-state index is 2.49. The van der Waals surface area contributed by atoms with Crippen molar-refractivity contribution in [3.05, 3.63) is 84.2 Å². The quantitative estimate of drug-likeness (QED) is 0.127. The highest BCUT2D eigenvalue weighted by molar-refractivity contribution is 5.75. The lowest BCUT2D eigenvalue weighted by atomic mass is 10.1. The van der Waals surface area contributed by atoms with Gasteiger partial charge in [0.2, 0.25) is 11.0 Å². The lowest BCUT2D eigenvalue weighted by Crippen LogP contribution is -3.00. The molecule has 2 aromatic heterocycles. The first-order valence-corrected chi connectivity index (χ1v) is 12.5. The highest BCUT2D eigenvalue weighted by Gasteiger charge is 2.12. The summed E-state index contributed by atoms with van der Waals surface area (Å²) in [6, 6.07) is 26.5. The van der Waals surface area contributed by atoms with Crippen molar-refractivity contribution in [2.75, 3.05) is 0 Å². The summed E-state index contributed by atoms with van der Waals surface area (Å²) in [6.07, 6.45) is 10.7. The van der Waals surface area contributed by atoms with E-state index in [1.54, 1.807) is 0 Å². The average Bonchev–Trinajstić information content (AvgIpc) is 2.82. The van der Waals surface area contributed by atoms with Crippen molar-refractivity contribution in [1.29, 1.82) is 0 Å². The Labute approximate surface area is 239 Å². The zero-order valence-electron chi connectivity index (χ0n) is 20.6. The number of fused-ring (bicyclic) bond motifs is 2. The van der Waals surface area contributed by atoms with E-state index in [9.17, 15) is 0 Å². The molecule has 0 saturated heterocycles. The Bertz CT molecular complexity index is 1080. The molecule has 34 heavy (non-hydrogen) atoms. The molecule has 0 radical (unpaired) electrons. The molecule has 0 fully saturated rings. The molecule has 0 aliphatic carbocycles. The minimum Gasteiger partial charge on any atom is -1.00 e. The van der Waals surface area contributed by atoms with Crippen LogP contribution in [0.1, 0.15) is 62.8 Å². The molecule has 0 unspecified atom stereocenters. The molecule has 0 saturated carbocycles. The SMILES string of the molecule is Cc1ccc2ccccc2[n+]1CCCCCCCCCC[n+]1c(C)ccc2ccccc21.[I-].[I-]. The Kier molecular flexibility index (Phi) is 12.7. The van der Waals surface area contributed by atoms with Gasteiger partial charge in [-0.1, -0.05) is 49.9 Å². The zero-order valence-corrected chi connectivity index (χ0v) is 25.0. The molecule has 0 aliphatic rings. The first-order chi connectivity index (χ1) is 15.7. The van der Waals surface area contributed by atoms with E-state index in [0.717, 1.165) is 13.1 Å². The van der Waals surface area contributed by atoms with Gasteiger partial charge in [0.1, 0.15) is 13.1 Å². The van der Waals surface area contributed by atoms with Crippen LogP contribution in [0, 0.1) is 13.8 Å². The highest BCUT2D eigenvalue weighted by Crippen LogP contribution is 2.14. The Morgan fingerprint density at radius 1 is 0.441 bits per heavy atom. The predicted octanol–water partition coefficient (Wildman–Crippen LogP) is 1.01. The van der Waals surface area contributed by atoms with Crippen LogP contribution in [-0.4, -0.2) is 0 Å². The number of hydrogen-bond donors (Lipinski definition) is 0. The smallest absolute Gasteiger partial charge is 0.212 e. The summed E-state index contributed by atoms with van der Waals surface area (Å²) < 4.78 is 4.98. The maximum Gasteiger partial charge on any atom is 0.212 e. The van der Waals surface area contributed by atoms with Crippen molar-refractivity contribution in [2.24, 2.45) is 0 Å². The molecule has 2 nitrogen and oxygen atoms in total. The minimum absolute atomic E-state index is 0. The predicted molar refractivity (Wildman–Crippen MR) is 135 cm³/mol. The van der Waals surface area contributed by atoms with Gasteiger partial charge in [0.05, 0.1) is 0 Å². The number of aryl methyl sites for hydroxylation is 4.